The summed E-state index contributed by atoms with van der Waals surface area (Å²) in [5, 5.41) is 8.00. The number of sulfonamides is 1. The number of carbonyl (C=O) groups is 1. The van der Waals surface area contributed by atoms with Crippen LogP contribution in [0.4, 0.5) is 11.5 Å². The van der Waals surface area contributed by atoms with Gasteiger partial charge >= 0.3 is 0 Å². The van der Waals surface area contributed by atoms with E-state index in [9.17, 15) is 13.2 Å². The molecular weight excluding hydrogens is 414 g/mol. The molecule has 2 fully saturated rings. The maximum atomic E-state index is 12.9. The Morgan fingerprint density at radius 3 is 2.52 bits per heavy atom. The average molecular weight is 444 g/mol. The van der Waals surface area contributed by atoms with Crippen LogP contribution in [-0.2, 0) is 10.0 Å². The lowest BCUT2D eigenvalue weighted by Crippen LogP contribution is -2.39. The smallest absolute Gasteiger partial charge is 0.274 e. The van der Waals surface area contributed by atoms with Crippen molar-refractivity contribution in [2.24, 2.45) is 11.1 Å². The number of primary sulfonamides is 1. The third-order valence-corrected chi connectivity index (χ3v) is 7.03. The summed E-state index contributed by atoms with van der Waals surface area (Å²) in [4.78, 5) is 23.9. The molecule has 0 unspecified atom stereocenters. The topological polar surface area (TPSA) is 118 Å². The molecule has 2 aliphatic rings. The van der Waals surface area contributed by atoms with Crippen molar-refractivity contribution in [3.63, 3.8) is 0 Å². The van der Waals surface area contributed by atoms with Gasteiger partial charge in [0.1, 0.15) is 17.8 Å². The van der Waals surface area contributed by atoms with Gasteiger partial charge in [0.2, 0.25) is 10.0 Å². The number of anilines is 2. The molecule has 166 valence electrons. The molecule has 8 nitrogen and oxygen atoms in total. The monoisotopic (exact) mass is 443 g/mol. The molecule has 2 aliphatic carbocycles. The Labute approximate surface area is 183 Å². The number of benzene rings is 1. The first kappa shape index (κ1) is 21.7. The summed E-state index contributed by atoms with van der Waals surface area (Å²) >= 11 is 0. The Morgan fingerprint density at radius 2 is 1.87 bits per heavy atom. The Bertz CT molecular complexity index is 1060. The Hall–Kier alpha value is -2.52. The summed E-state index contributed by atoms with van der Waals surface area (Å²) in [6, 6.07) is 6.59. The van der Waals surface area contributed by atoms with Gasteiger partial charge in [0.05, 0.1) is 4.90 Å². The van der Waals surface area contributed by atoms with Gasteiger partial charge in [0.15, 0.2) is 0 Å². The second-order valence-corrected chi connectivity index (χ2v) is 10.2. The lowest BCUT2D eigenvalue weighted by atomic mass is 9.94. The molecule has 1 heterocycles. The SMILES string of the molecule is Cc1cc(S(N)(=O)=O)ccc1NC(=O)c1cc(N(CC2CC2)C2CCCCC2)ncn1. The zero-order chi connectivity index (χ0) is 22.0. The molecule has 0 atom stereocenters. The van der Waals surface area contributed by atoms with Crippen molar-refractivity contribution < 1.29 is 13.2 Å². The molecule has 9 heteroatoms. The van der Waals surface area contributed by atoms with Crippen LogP contribution in [0.15, 0.2) is 35.5 Å². The minimum Gasteiger partial charge on any atom is -0.353 e. The normalized spacial score (nSPS) is 17.4. The van der Waals surface area contributed by atoms with Crippen molar-refractivity contribution in [1.29, 1.82) is 0 Å². The zero-order valence-electron chi connectivity index (χ0n) is 17.8. The fourth-order valence-corrected chi connectivity index (χ4v) is 4.77. The van der Waals surface area contributed by atoms with Gasteiger partial charge in [-0.2, -0.15) is 0 Å². The summed E-state index contributed by atoms with van der Waals surface area (Å²) in [5.41, 5.74) is 1.41. The van der Waals surface area contributed by atoms with Crippen LogP contribution in [0.25, 0.3) is 0 Å². The number of hydrogen-bond donors (Lipinski definition) is 2. The van der Waals surface area contributed by atoms with Crippen LogP contribution in [0.3, 0.4) is 0 Å². The molecule has 1 aromatic heterocycles. The number of nitrogens with two attached hydrogens (primary N) is 1. The van der Waals surface area contributed by atoms with Gasteiger partial charge < -0.3 is 10.2 Å². The van der Waals surface area contributed by atoms with Crippen molar-refractivity contribution >= 4 is 27.4 Å². The standard InChI is InChI=1S/C22H29N5O3S/c1-15-11-18(31(23,29)30)9-10-19(15)26-22(28)20-12-21(25-14-24-20)27(13-16-7-8-16)17-5-3-2-4-6-17/h9-12,14,16-17H,2-8,13H2,1H3,(H,26,28)(H2,23,29,30). The zero-order valence-corrected chi connectivity index (χ0v) is 18.6. The first-order chi connectivity index (χ1) is 14.8. The van der Waals surface area contributed by atoms with Gasteiger partial charge in [-0.25, -0.2) is 23.5 Å². The summed E-state index contributed by atoms with van der Waals surface area (Å²) in [6.07, 6.45) is 10.0. The van der Waals surface area contributed by atoms with Gasteiger partial charge in [-0.15, -0.1) is 0 Å². The summed E-state index contributed by atoms with van der Waals surface area (Å²) in [6.45, 7) is 2.70. The summed E-state index contributed by atoms with van der Waals surface area (Å²) < 4.78 is 23.0. The van der Waals surface area contributed by atoms with Crippen LogP contribution < -0.4 is 15.4 Å². The van der Waals surface area contributed by atoms with E-state index in [1.807, 2.05) is 0 Å². The van der Waals surface area contributed by atoms with E-state index in [0.717, 1.165) is 25.2 Å². The predicted molar refractivity (Wildman–Crippen MR) is 119 cm³/mol. The number of nitrogens with one attached hydrogen (secondary N) is 1. The molecule has 2 aromatic rings. The number of aromatic nitrogens is 2. The fraction of sp³-hybridized carbons (Fsp3) is 0.500. The lowest BCUT2D eigenvalue weighted by Gasteiger charge is -2.35. The van der Waals surface area contributed by atoms with E-state index in [1.165, 1.54) is 56.6 Å². The van der Waals surface area contributed by atoms with Gasteiger partial charge in [0.25, 0.3) is 5.91 Å². The van der Waals surface area contributed by atoms with Crippen LogP contribution in [0.5, 0.6) is 0 Å². The maximum absolute atomic E-state index is 12.9. The number of nitrogens with zero attached hydrogens (tertiary/aromatic N) is 3. The fourth-order valence-electron chi connectivity index (χ4n) is 4.17. The van der Waals surface area contributed by atoms with Crippen molar-refractivity contribution in [2.45, 2.75) is 62.8 Å². The minimum absolute atomic E-state index is 0.00974. The molecule has 0 aliphatic heterocycles. The second kappa shape index (κ2) is 8.92. The van der Waals surface area contributed by atoms with Crippen molar-refractivity contribution in [1.82, 2.24) is 9.97 Å². The van der Waals surface area contributed by atoms with Gasteiger partial charge in [-0.05, 0) is 62.3 Å². The van der Waals surface area contributed by atoms with Crippen LogP contribution in [-0.4, -0.2) is 36.9 Å². The average Bonchev–Trinajstić information content (AvgIpc) is 3.58. The third-order valence-electron chi connectivity index (χ3n) is 6.12. The van der Waals surface area contributed by atoms with Crippen molar-refractivity contribution in [2.75, 3.05) is 16.8 Å². The van der Waals surface area contributed by atoms with Gasteiger partial charge in [0, 0.05) is 24.3 Å². The third kappa shape index (κ3) is 5.40. The number of hydrogen-bond acceptors (Lipinski definition) is 6. The Balaban J connectivity index is 1.53. The molecule has 31 heavy (non-hydrogen) atoms. The Morgan fingerprint density at radius 1 is 1.13 bits per heavy atom. The van der Waals surface area contributed by atoms with Crippen LogP contribution in [0.2, 0.25) is 0 Å². The molecule has 0 saturated heterocycles. The highest BCUT2D eigenvalue weighted by Crippen LogP contribution is 2.34. The predicted octanol–water partition coefficient (Wildman–Crippen LogP) is 3.23. The largest absolute Gasteiger partial charge is 0.353 e. The molecule has 0 radical (unpaired) electrons. The minimum atomic E-state index is -3.79. The van der Waals surface area contributed by atoms with E-state index in [0.29, 0.717) is 23.2 Å². The van der Waals surface area contributed by atoms with Crippen LogP contribution in [0.1, 0.15) is 61.0 Å². The molecule has 1 amide bonds. The molecule has 4 rings (SSSR count). The number of carbonyl (C=O) groups excluding carboxylic acids is 1. The highest BCUT2D eigenvalue weighted by molar-refractivity contribution is 7.89. The van der Waals surface area contributed by atoms with E-state index in [4.69, 9.17) is 5.14 Å². The van der Waals surface area contributed by atoms with Crippen molar-refractivity contribution in [3.8, 4) is 0 Å². The second-order valence-electron chi connectivity index (χ2n) is 8.62. The van der Waals surface area contributed by atoms with Crippen molar-refractivity contribution in [3.05, 3.63) is 41.9 Å². The van der Waals surface area contributed by atoms with E-state index in [-0.39, 0.29) is 16.5 Å². The highest BCUT2D eigenvalue weighted by atomic mass is 32.2. The maximum Gasteiger partial charge on any atom is 0.274 e. The number of aryl methyl sites for hydroxylation is 1. The van der Waals surface area contributed by atoms with Gasteiger partial charge in [-0.3, -0.25) is 4.79 Å². The highest BCUT2D eigenvalue weighted by Gasteiger charge is 2.30. The molecule has 3 N–H and O–H groups in total. The first-order valence-corrected chi connectivity index (χ1v) is 12.4. The first-order valence-electron chi connectivity index (χ1n) is 10.8. The number of rotatable bonds is 7. The number of amides is 1. The molecule has 2 saturated carbocycles. The lowest BCUT2D eigenvalue weighted by molar-refractivity contribution is 0.102. The Kier molecular flexibility index (Phi) is 6.24. The molecule has 0 bridgehead atoms. The quantitative estimate of drug-likeness (QED) is 0.678. The van der Waals surface area contributed by atoms with E-state index in [2.05, 4.69) is 20.2 Å². The van der Waals surface area contributed by atoms with Crippen LogP contribution in [0, 0.1) is 12.8 Å². The molecule has 1 aromatic carbocycles. The van der Waals surface area contributed by atoms with E-state index < -0.39 is 10.0 Å². The van der Waals surface area contributed by atoms with E-state index >= 15 is 0 Å². The summed E-state index contributed by atoms with van der Waals surface area (Å²) in [5.74, 6) is 1.17. The molecular formula is C22H29N5O3S. The van der Waals surface area contributed by atoms with E-state index in [1.54, 1.807) is 13.0 Å². The van der Waals surface area contributed by atoms with Gasteiger partial charge in [-0.1, -0.05) is 19.3 Å². The molecule has 0 spiro atoms. The van der Waals surface area contributed by atoms with Crippen LogP contribution >= 0.6 is 0 Å². The summed E-state index contributed by atoms with van der Waals surface area (Å²) in [7, 11) is -3.79.